The minimum absolute atomic E-state index is 0.0586. The van der Waals surface area contributed by atoms with Crippen molar-refractivity contribution in [3.05, 3.63) is 71.9 Å². The Morgan fingerprint density at radius 3 is 2.28 bits per heavy atom. The molecule has 0 aliphatic heterocycles. The van der Waals surface area contributed by atoms with E-state index in [0.717, 1.165) is 23.5 Å². The molecular weight excluding hydrogens is 414 g/mol. The highest BCUT2D eigenvalue weighted by Gasteiger charge is 2.24. The molecule has 0 fully saturated rings. The summed E-state index contributed by atoms with van der Waals surface area (Å²) < 4.78 is 56.9. The van der Waals surface area contributed by atoms with Gasteiger partial charge in [-0.1, -0.05) is 48.5 Å². The van der Waals surface area contributed by atoms with Crippen LogP contribution >= 0.6 is 0 Å². The van der Waals surface area contributed by atoms with Crippen molar-refractivity contribution in [3.8, 4) is 5.75 Å². The quantitative estimate of drug-likeness (QED) is 0.501. The van der Waals surface area contributed by atoms with Gasteiger partial charge in [-0.15, -0.1) is 0 Å². The van der Waals surface area contributed by atoms with E-state index in [-0.39, 0.29) is 18.3 Å². The number of hydrogen-bond donors (Lipinski definition) is 0. The van der Waals surface area contributed by atoms with Gasteiger partial charge in [-0.2, -0.15) is 16.8 Å². The highest BCUT2D eigenvalue weighted by Crippen LogP contribution is 2.39. The van der Waals surface area contributed by atoms with Crippen molar-refractivity contribution in [1.29, 1.82) is 0 Å². The summed E-state index contributed by atoms with van der Waals surface area (Å²) in [5.74, 6) is -0.222. The number of rotatable bonds is 8. The lowest BCUT2D eigenvalue weighted by atomic mass is 9.87. The van der Waals surface area contributed by atoms with Crippen LogP contribution in [0.2, 0.25) is 0 Å². The van der Waals surface area contributed by atoms with Crippen molar-refractivity contribution >= 4 is 31.1 Å². The molecule has 0 aliphatic carbocycles. The second kappa shape index (κ2) is 8.48. The van der Waals surface area contributed by atoms with E-state index < -0.39 is 20.2 Å². The minimum atomic E-state index is -3.82. The average molecular weight is 436 g/mol. The van der Waals surface area contributed by atoms with Crippen molar-refractivity contribution in [1.82, 2.24) is 4.98 Å². The lowest BCUT2D eigenvalue weighted by Crippen LogP contribution is -2.13. The number of hydrogen-bond acceptors (Lipinski definition) is 7. The fourth-order valence-electron chi connectivity index (χ4n) is 3.15. The lowest BCUT2D eigenvalue weighted by molar-refractivity contribution is 0.308. The van der Waals surface area contributed by atoms with Gasteiger partial charge < -0.3 is 4.18 Å². The Morgan fingerprint density at radius 2 is 1.62 bits per heavy atom. The first kappa shape index (κ1) is 21.2. The van der Waals surface area contributed by atoms with Crippen LogP contribution < -0.4 is 4.18 Å². The third kappa shape index (κ3) is 5.75. The van der Waals surface area contributed by atoms with Crippen molar-refractivity contribution in [2.75, 3.05) is 19.1 Å². The molecule has 0 saturated carbocycles. The van der Waals surface area contributed by atoms with Crippen LogP contribution in [0, 0.1) is 0 Å². The third-order valence-electron chi connectivity index (χ3n) is 4.27. The monoisotopic (exact) mass is 435 g/mol. The summed E-state index contributed by atoms with van der Waals surface area (Å²) in [6.45, 7) is -0.0586. The van der Waals surface area contributed by atoms with Gasteiger partial charge in [-0.25, -0.2) is 0 Å². The Bertz CT molecular complexity index is 1210. The molecule has 154 valence electrons. The Labute approximate surface area is 170 Å². The highest BCUT2D eigenvalue weighted by molar-refractivity contribution is 7.86. The summed E-state index contributed by atoms with van der Waals surface area (Å²) in [6, 6.07) is 16.5. The molecule has 29 heavy (non-hydrogen) atoms. The van der Waals surface area contributed by atoms with Gasteiger partial charge in [-0.3, -0.25) is 9.17 Å². The fraction of sp³-hybridized carbons (Fsp3) is 0.250. The van der Waals surface area contributed by atoms with Gasteiger partial charge >= 0.3 is 10.1 Å². The SMILES string of the molecule is CS(=O)(=O)OCCC(c1ccccc1)c1ccc2cccnc2c1OS(C)(=O)=O. The molecule has 0 aliphatic rings. The van der Waals surface area contributed by atoms with Crippen LogP contribution in [0.15, 0.2) is 60.8 Å². The maximum Gasteiger partial charge on any atom is 0.306 e. The summed E-state index contributed by atoms with van der Waals surface area (Å²) in [7, 11) is -7.41. The number of aromatic nitrogens is 1. The molecule has 1 heterocycles. The summed E-state index contributed by atoms with van der Waals surface area (Å²) >= 11 is 0. The van der Waals surface area contributed by atoms with Gasteiger partial charge in [0, 0.05) is 23.1 Å². The zero-order chi connectivity index (χ0) is 21.1. The lowest BCUT2D eigenvalue weighted by Gasteiger charge is -2.21. The molecule has 3 rings (SSSR count). The normalized spacial score (nSPS) is 13.3. The Hall–Kier alpha value is -2.49. The highest BCUT2D eigenvalue weighted by atomic mass is 32.2. The molecule has 2 aromatic carbocycles. The predicted molar refractivity (Wildman–Crippen MR) is 111 cm³/mol. The molecule has 0 saturated heterocycles. The average Bonchev–Trinajstić information content (AvgIpc) is 2.65. The predicted octanol–water partition coefficient (Wildman–Crippen LogP) is 3.07. The first-order chi connectivity index (χ1) is 13.6. The zero-order valence-corrected chi connectivity index (χ0v) is 17.6. The van der Waals surface area contributed by atoms with Gasteiger partial charge in [0.25, 0.3) is 10.1 Å². The Balaban J connectivity index is 2.14. The molecule has 9 heteroatoms. The molecule has 7 nitrogen and oxygen atoms in total. The number of nitrogens with zero attached hydrogens (tertiary/aromatic N) is 1. The molecule has 3 aromatic rings. The standard InChI is InChI=1S/C20H21NO6S2/c1-28(22,23)26-14-12-17(15-7-4-3-5-8-15)18-11-10-16-9-6-13-21-19(16)20(18)27-29(2,24)25/h3-11,13,17H,12,14H2,1-2H3. The van der Waals surface area contributed by atoms with E-state index in [9.17, 15) is 16.8 Å². The summed E-state index contributed by atoms with van der Waals surface area (Å²) in [5.41, 5.74) is 1.88. The van der Waals surface area contributed by atoms with Crippen molar-refractivity contribution in [2.45, 2.75) is 12.3 Å². The molecule has 0 amide bonds. The zero-order valence-electron chi connectivity index (χ0n) is 16.0. The van der Waals surface area contributed by atoms with Gasteiger partial charge in [0.1, 0.15) is 5.52 Å². The summed E-state index contributed by atoms with van der Waals surface area (Å²) in [4.78, 5) is 4.31. The Morgan fingerprint density at radius 1 is 0.897 bits per heavy atom. The first-order valence-corrected chi connectivity index (χ1v) is 12.4. The van der Waals surface area contributed by atoms with Crippen molar-refractivity contribution in [2.24, 2.45) is 0 Å². The first-order valence-electron chi connectivity index (χ1n) is 8.80. The smallest absolute Gasteiger partial charge is 0.306 e. The second-order valence-corrected chi connectivity index (χ2v) is 9.84. The number of benzene rings is 2. The van der Waals surface area contributed by atoms with E-state index in [2.05, 4.69) is 4.98 Å². The van der Waals surface area contributed by atoms with Crippen molar-refractivity contribution in [3.63, 3.8) is 0 Å². The Kier molecular flexibility index (Phi) is 6.21. The van der Waals surface area contributed by atoms with E-state index in [1.807, 2.05) is 42.5 Å². The van der Waals surface area contributed by atoms with Gasteiger partial charge in [-0.05, 0) is 18.1 Å². The van der Waals surface area contributed by atoms with Crippen LogP contribution in [0.25, 0.3) is 10.9 Å². The van der Waals surface area contributed by atoms with Gasteiger partial charge in [0.15, 0.2) is 5.75 Å². The molecule has 0 bridgehead atoms. The molecular formula is C20H21NO6S2. The number of pyridine rings is 1. The molecule has 0 N–H and O–H groups in total. The molecule has 0 radical (unpaired) electrons. The largest absolute Gasteiger partial charge is 0.380 e. The van der Waals surface area contributed by atoms with Gasteiger partial charge in [0.05, 0.1) is 19.1 Å². The van der Waals surface area contributed by atoms with Crippen molar-refractivity contribution < 1.29 is 25.2 Å². The molecule has 1 atom stereocenters. The van der Waals surface area contributed by atoms with Crippen LogP contribution in [0.3, 0.4) is 0 Å². The van der Waals surface area contributed by atoms with E-state index in [1.165, 1.54) is 0 Å². The van der Waals surface area contributed by atoms with E-state index in [0.29, 0.717) is 17.5 Å². The van der Waals surface area contributed by atoms with Crippen LogP contribution in [0.5, 0.6) is 5.75 Å². The van der Waals surface area contributed by atoms with Crippen LogP contribution in [-0.2, 0) is 24.4 Å². The minimum Gasteiger partial charge on any atom is -0.380 e. The van der Waals surface area contributed by atoms with E-state index in [1.54, 1.807) is 18.3 Å². The van der Waals surface area contributed by atoms with Crippen LogP contribution in [0.1, 0.15) is 23.5 Å². The molecule has 1 unspecified atom stereocenters. The fourth-order valence-corrected chi connectivity index (χ4v) is 4.03. The molecule has 0 spiro atoms. The summed E-state index contributed by atoms with van der Waals surface area (Å²) in [6.07, 6.45) is 3.83. The third-order valence-corrected chi connectivity index (χ3v) is 5.34. The van der Waals surface area contributed by atoms with Gasteiger partial charge in [0.2, 0.25) is 0 Å². The van der Waals surface area contributed by atoms with Crippen LogP contribution in [0.4, 0.5) is 0 Å². The number of fused-ring (bicyclic) bond motifs is 1. The van der Waals surface area contributed by atoms with E-state index in [4.69, 9.17) is 8.37 Å². The second-order valence-electron chi connectivity index (χ2n) is 6.62. The maximum atomic E-state index is 11.9. The van der Waals surface area contributed by atoms with E-state index >= 15 is 0 Å². The molecule has 1 aromatic heterocycles. The topological polar surface area (TPSA) is 99.6 Å². The maximum absolute atomic E-state index is 11.9. The van der Waals surface area contributed by atoms with Crippen LogP contribution in [-0.4, -0.2) is 40.9 Å². The summed E-state index contributed by atoms with van der Waals surface area (Å²) in [5, 5.41) is 0.731.